The molecule has 0 saturated heterocycles. The average molecular weight is 299 g/mol. The number of esters is 1. The molecule has 1 aromatic carbocycles. The summed E-state index contributed by atoms with van der Waals surface area (Å²) in [6.45, 7) is 7.62. The molecule has 94 valence electrons. The largest absolute Gasteiger partial charge is 0.426 e. The van der Waals surface area contributed by atoms with Crippen LogP contribution in [0.1, 0.15) is 38.8 Å². The summed E-state index contributed by atoms with van der Waals surface area (Å²) in [6, 6.07) is 5.91. The maximum Gasteiger partial charge on any atom is 0.316 e. The fraction of sp³-hybridized carbons (Fsp3) is 0.500. The van der Waals surface area contributed by atoms with Gasteiger partial charge in [-0.1, -0.05) is 35.0 Å². The molecule has 0 unspecified atom stereocenters. The lowest BCUT2D eigenvalue weighted by atomic mass is 9.97. The van der Waals surface area contributed by atoms with E-state index < -0.39 is 5.41 Å². The maximum atomic E-state index is 11.8. The molecule has 0 saturated carbocycles. The third-order valence-electron chi connectivity index (χ3n) is 2.48. The Labute approximate surface area is 111 Å². The van der Waals surface area contributed by atoms with Gasteiger partial charge < -0.3 is 4.74 Å². The minimum Gasteiger partial charge on any atom is -0.426 e. The molecule has 0 radical (unpaired) electrons. The van der Waals surface area contributed by atoms with Gasteiger partial charge in [0.2, 0.25) is 0 Å². The minimum atomic E-state index is -0.473. The van der Waals surface area contributed by atoms with Crippen molar-refractivity contribution < 1.29 is 9.53 Å². The third kappa shape index (κ3) is 3.84. The second kappa shape index (κ2) is 5.67. The standard InChI is InChI=1S/C14H19BrO2/c1-5-11-8-10(9-15)6-7-12(11)17-13(16)14(2,3)4/h6-8H,5,9H2,1-4H3. The first kappa shape index (κ1) is 14.2. The predicted molar refractivity (Wildman–Crippen MR) is 73.5 cm³/mol. The Balaban J connectivity index is 2.95. The number of aryl methyl sites for hydroxylation is 1. The molecule has 0 fully saturated rings. The lowest BCUT2D eigenvalue weighted by Gasteiger charge is -2.18. The Kier molecular flexibility index (Phi) is 4.75. The van der Waals surface area contributed by atoms with Crippen LogP contribution in [-0.4, -0.2) is 5.97 Å². The van der Waals surface area contributed by atoms with E-state index in [1.807, 2.05) is 32.9 Å². The Morgan fingerprint density at radius 2 is 2.00 bits per heavy atom. The minimum absolute atomic E-state index is 0.196. The molecule has 1 aromatic rings. The van der Waals surface area contributed by atoms with E-state index in [0.717, 1.165) is 17.3 Å². The van der Waals surface area contributed by atoms with Crippen molar-refractivity contribution in [3.8, 4) is 5.75 Å². The van der Waals surface area contributed by atoms with E-state index in [1.165, 1.54) is 5.56 Å². The first-order chi connectivity index (χ1) is 7.88. The number of rotatable bonds is 3. The zero-order chi connectivity index (χ0) is 13.1. The van der Waals surface area contributed by atoms with E-state index in [4.69, 9.17) is 4.74 Å². The van der Waals surface area contributed by atoms with Gasteiger partial charge in [-0.3, -0.25) is 4.79 Å². The van der Waals surface area contributed by atoms with Crippen molar-refractivity contribution >= 4 is 21.9 Å². The van der Waals surface area contributed by atoms with Gasteiger partial charge in [0.05, 0.1) is 5.41 Å². The van der Waals surface area contributed by atoms with Crippen molar-refractivity contribution in [1.82, 2.24) is 0 Å². The van der Waals surface area contributed by atoms with Gasteiger partial charge in [-0.2, -0.15) is 0 Å². The highest BCUT2D eigenvalue weighted by Crippen LogP contribution is 2.25. The zero-order valence-corrected chi connectivity index (χ0v) is 12.4. The normalized spacial score (nSPS) is 11.4. The Bertz CT molecular complexity index is 405. The number of benzene rings is 1. The fourth-order valence-electron chi connectivity index (χ4n) is 1.34. The molecular formula is C14H19BrO2. The molecule has 0 aliphatic rings. The number of halogens is 1. The lowest BCUT2D eigenvalue weighted by molar-refractivity contribution is -0.143. The van der Waals surface area contributed by atoms with Crippen molar-refractivity contribution in [2.75, 3.05) is 0 Å². The molecule has 0 aliphatic carbocycles. The van der Waals surface area contributed by atoms with Gasteiger partial charge in [0.1, 0.15) is 5.75 Å². The van der Waals surface area contributed by atoms with E-state index >= 15 is 0 Å². The van der Waals surface area contributed by atoms with Gasteiger partial charge in [0.15, 0.2) is 0 Å². The van der Waals surface area contributed by atoms with Gasteiger partial charge in [0, 0.05) is 5.33 Å². The molecule has 0 atom stereocenters. The van der Waals surface area contributed by atoms with Crippen molar-refractivity contribution in [1.29, 1.82) is 0 Å². The highest BCUT2D eigenvalue weighted by atomic mass is 79.9. The van der Waals surface area contributed by atoms with E-state index in [-0.39, 0.29) is 5.97 Å². The van der Waals surface area contributed by atoms with Gasteiger partial charge in [-0.15, -0.1) is 0 Å². The number of hydrogen-bond donors (Lipinski definition) is 0. The summed E-state index contributed by atoms with van der Waals surface area (Å²) in [6.07, 6.45) is 0.855. The second-order valence-electron chi connectivity index (χ2n) is 5.07. The molecule has 17 heavy (non-hydrogen) atoms. The molecule has 0 N–H and O–H groups in total. The van der Waals surface area contributed by atoms with Crippen LogP contribution in [0.15, 0.2) is 18.2 Å². The van der Waals surface area contributed by atoms with Crippen LogP contribution in [0.2, 0.25) is 0 Å². The Morgan fingerprint density at radius 3 is 2.47 bits per heavy atom. The molecule has 3 heteroatoms. The SMILES string of the molecule is CCc1cc(CBr)ccc1OC(=O)C(C)(C)C. The second-order valence-corrected chi connectivity index (χ2v) is 5.63. The third-order valence-corrected chi connectivity index (χ3v) is 3.12. The highest BCUT2D eigenvalue weighted by molar-refractivity contribution is 9.08. The molecule has 0 heterocycles. The number of ether oxygens (including phenoxy) is 1. The molecule has 0 amide bonds. The monoisotopic (exact) mass is 298 g/mol. The summed E-state index contributed by atoms with van der Waals surface area (Å²) in [4.78, 5) is 11.8. The zero-order valence-electron chi connectivity index (χ0n) is 10.8. The molecule has 0 aromatic heterocycles. The van der Waals surface area contributed by atoms with Crippen LogP contribution in [0.3, 0.4) is 0 Å². The van der Waals surface area contributed by atoms with Crippen molar-refractivity contribution in [2.45, 2.75) is 39.4 Å². The summed E-state index contributed by atoms with van der Waals surface area (Å²) in [5, 5.41) is 0.813. The molecule has 0 spiro atoms. The highest BCUT2D eigenvalue weighted by Gasteiger charge is 2.24. The van der Waals surface area contributed by atoms with Crippen molar-refractivity contribution in [3.05, 3.63) is 29.3 Å². The van der Waals surface area contributed by atoms with E-state index in [0.29, 0.717) is 5.75 Å². The van der Waals surface area contributed by atoms with E-state index in [2.05, 4.69) is 28.9 Å². The number of alkyl halides is 1. The van der Waals surface area contributed by atoms with Gasteiger partial charge >= 0.3 is 5.97 Å². The van der Waals surface area contributed by atoms with Crippen LogP contribution < -0.4 is 4.74 Å². The summed E-state index contributed by atoms with van der Waals surface area (Å²) < 4.78 is 5.45. The quantitative estimate of drug-likeness (QED) is 0.477. The Morgan fingerprint density at radius 1 is 1.35 bits per heavy atom. The molecule has 1 rings (SSSR count). The smallest absolute Gasteiger partial charge is 0.316 e. The fourth-order valence-corrected chi connectivity index (χ4v) is 1.69. The van der Waals surface area contributed by atoms with Gasteiger partial charge in [-0.25, -0.2) is 0 Å². The molecular weight excluding hydrogens is 280 g/mol. The summed E-state index contributed by atoms with van der Waals surface area (Å²) in [7, 11) is 0. The van der Waals surface area contributed by atoms with E-state index in [1.54, 1.807) is 0 Å². The van der Waals surface area contributed by atoms with Crippen LogP contribution in [0.4, 0.5) is 0 Å². The topological polar surface area (TPSA) is 26.3 Å². The predicted octanol–water partition coefficient (Wildman–Crippen LogP) is 4.10. The summed E-state index contributed by atoms with van der Waals surface area (Å²) >= 11 is 3.42. The maximum absolute atomic E-state index is 11.8. The summed E-state index contributed by atoms with van der Waals surface area (Å²) in [5.74, 6) is 0.482. The molecule has 2 nitrogen and oxygen atoms in total. The molecule has 0 aliphatic heterocycles. The first-order valence-electron chi connectivity index (χ1n) is 5.78. The van der Waals surface area contributed by atoms with Gasteiger partial charge in [-0.05, 0) is 44.4 Å². The molecule has 0 bridgehead atoms. The van der Waals surface area contributed by atoms with Crippen molar-refractivity contribution in [3.63, 3.8) is 0 Å². The summed E-state index contributed by atoms with van der Waals surface area (Å²) in [5.41, 5.74) is 1.79. The number of carbonyl (C=O) groups is 1. The Hall–Kier alpha value is -0.830. The van der Waals surface area contributed by atoms with Crippen LogP contribution in [0, 0.1) is 5.41 Å². The van der Waals surface area contributed by atoms with Gasteiger partial charge in [0.25, 0.3) is 0 Å². The van der Waals surface area contributed by atoms with Crippen LogP contribution in [0.5, 0.6) is 5.75 Å². The van der Waals surface area contributed by atoms with Crippen LogP contribution in [0.25, 0.3) is 0 Å². The van der Waals surface area contributed by atoms with Crippen LogP contribution in [-0.2, 0) is 16.5 Å². The number of carbonyl (C=O) groups excluding carboxylic acids is 1. The van der Waals surface area contributed by atoms with E-state index in [9.17, 15) is 4.79 Å². The van der Waals surface area contributed by atoms with Crippen LogP contribution >= 0.6 is 15.9 Å². The lowest BCUT2D eigenvalue weighted by Crippen LogP contribution is -2.26. The number of hydrogen-bond acceptors (Lipinski definition) is 2. The van der Waals surface area contributed by atoms with Crippen molar-refractivity contribution in [2.24, 2.45) is 5.41 Å². The first-order valence-corrected chi connectivity index (χ1v) is 6.90. The average Bonchev–Trinajstić information content (AvgIpc) is 2.28.